The summed E-state index contributed by atoms with van der Waals surface area (Å²) in [4.78, 5) is 12.4. The number of hydrogen-bond donors (Lipinski definition) is 1. The van der Waals surface area contributed by atoms with E-state index in [0.717, 1.165) is 18.7 Å². The maximum Gasteiger partial charge on any atom is 0.251 e. The molecule has 1 N–H and O–H groups in total. The minimum atomic E-state index is -0.346. The first-order valence-corrected chi connectivity index (χ1v) is 8.73. The maximum absolute atomic E-state index is 13.9. The van der Waals surface area contributed by atoms with Gasteiger partial charge in [-0.2, -0.15) is 0 Å². The van der Waals surface area contributed by atoms with Crippen LogP contribution in [0.5, 0.6) is 0 Å². The van der Waals surface area contributed by atoms with Crippen molar-refractivity contribution in [3.63, 3.8) is 0 Å². The van der Waals surface area contributed by atoms with E-state index in [0.29, 0.717) is 36.2 Å². The number of aromatic nitrogens is 3. The van der Waals surface area contributed by atoms with Crippen LogP contribution in [0.25, 0.3) is 0 Å². The van der Waals surface area contributed by atoms with Crippen molar-refractivity contribution in [3.8, 4) is 0 Å². The first-order valence-electron chi connectivity index (χ1n) is 8.73. The minimum Gasteiger partial charge on any atom is -0.376 e. The number of nitrogens with zero attached hydrogens (tertiary/aromatic N) is 3. The number of hydrogen-bond acceptors (Lipinski definition) is 4. The standard InChI is InChI=1S/C18H21FN4O2/c19-16-6-3-13(7-14(16)10-25-9-12-1-2-12)18(24)20-8-17-22-21-11-23(17)15-4-5-15/h3,6-7,11-12,15H,1-2,4-5,8-10H2,(H,20,24). The van der Waals surface area contributed by atoms with Crippen LogP contribution in [-0.2, 0) is 17.9 Å². The molecule has 1 aromatic carbocycles. The highest BCUT2D eigenvalue weighted by molar-refractivity contribution is 5.94. The molecule has 0 unspecified atom stereocenters. The van der Waals surface area contributed by atoms with E-state index >= 15 is 0 Å². The summed E-state index contributed by atoms with van der Waals surface area (Å²) in [5, 5.41) is 10.8. The molecule has 2 aliphatic carbocycles. The Labute approximate surface area is 145 Å². The van der Waals surface area contributed by atoms with Gasteiger partial charge in [0.2, 0.25) is 0 Å². The van der Waals surface area contributed by atoms with Crippen LogP contribution in [0.4, 0.5) is 4.39 Å². The molecule has 6 nitrogen and oxygen atoms in total. The van der Waals surface area contributed by atoms with Crippen LogP contribution < -0.4 is 5.32 Å². The van der Waals surface area contributed by atoms with Crippen LogP contribution in [0, 0.1) is 11.7 Å². The number of amides is 1. The Morgan fingerprint density at radius 3 is 2.92 bits per heavy atom. The van der Waals surface area contributed by atoms with E-state index in [9.17, 15) is 9.18 Å². The van der Waals surface area contributed by atoms with Crippen LogP contribution in [0.3, 0.4) is 0 Å². The van der Waals surface area contributed by atoms with E-state index in [4.69, 9.17) is 4.74 Å². The van der Waals surface area contributed by atoms with Crippen molar-refractivity contribution in [1.82, 2.24) is 20.1 Å². The van der Waals surface area contributed by atoms with E-state index in [2.05, 4.69) is 15.5 Å². The highest BCUT2D eigenvalue weighted by Crippen LogP contribution is 2.35. The molecule has 0 aliphatic heterocycles. The van der Waals surface area contributed by atoms with Gasteiger partial charge < -0.3 is 14.6 Å². The Balaban J connectivity index is 1.36. The Morgan fingerprint density at radius 2 is 2.16 bits per heavy atom. The molecule has 25 heavy (non-hydrogen) atoms. The Morgan fingerprint density at radius 1 is 1.32 bits per heavy atom. The lowest BCUT2D eigenvalue weighted by Crippen LogP contribution is -2.25. The molecule has 2 aliphatic rings. The van der Waals surface area contributed by atoms with Gasteiger partial charge in [-0.15, -0.1) is 10.2 Å². The summed E-state index contributed by atoms with van der Waals surface area (Å²) in [6.07, 6.45) is 6.33. The molecule has 2 saturated carbocycles. The summed E-state index contributed by atoms with van der Waals surface area (Å²) < 4.78 is 21.4. The van der Waals surface area contributed by atoms with Crippen LogP contribution in [0.1, 0.15) is 53.5 Å². The SMILES string of the molecule is O=C(NCc1nncn1C1CC1)c1ccc(F)c(COCC2CC2)c1. The lowest BCUT2D eigenvalue weighted by molar-refractivity contribution is 0.0947. The van der Waals surface area contributed by atoms with Gasteiger partial charge in [0, 0.05) is 23.8 Å². The van der Waals surface area contributed by atoms with Crippen LogP contribution in [0.2, 0.25) is 0 Å². The molecule has 0 bridgehead atoms. The van der Waals surface area contributed by atoms with E-state index in [1.807, 2.05) is 4.57 Å². The predicted molar refractivity (Wildman–Crippen MR) is 88.2 cm³/mol. The lowest BCUT2D eigenvalue weighted by Gasteiger charge is -2.09. The van der Waals surface area contributed by atoms with E-state index < -0.39 is 0 Å². The summed E-state index contributed by atoms with van der Waals surface area (Å²) in [7, 11) is 0. The minimum absolute atomic E-state index is 0.194. The van der Waals surface area contributed by atoms with Gasteiger partial charge in [0.1, 0.15) is 12.1 Å². The molecule has 0 radical (unpaired) electrons. The van der Waals surface area contributed by atoms with Crippen molar-refractivity contribution in [1.29, 1.82) is 0 Å². The Bertz CT molecular complexity index is 768. The van der Waals surface area contributed by atoms with E-state index in [-0.39, 0.29) is 18.3 Å². The molecule has 0 saturated heterocycles. The maximum atomic E-state index is 13.9. The average Bonchev–Trinajstić information content (AvgIpc) is 3.54. The number of ether oxygens (including phenoxy) is 1. The van der Waals surface area contributed by atoms with Gasteiger partial charge in [-0.3, -0.25) is 4.79 Å². The van der Waals surface area contributed by atoms with E-state index in [1.165, 1.54) is 25.0 Å². The molecule has 0 spiro atoms. The second-order valence-electron chi connectivity index (χ2n) is 6.83. The van der Waals surface area contributed by atoms with Crippen LogP contribution in [-0.4, -0.2) is 27.3 Å². The van der Waals surface area contributed by atoms with Crippen molar-refractivity contribution < 1.29 is 13.9 Å². The summed E-state index contributed by atoms with van der Waals surface area (Å²) in [5.74, 6) is 0.763. The second-order valence-corrected chi connectivity index (χ2v) is 6.83. The molecule has 0 atom stereocenters. The van der Waals surface area contributed by atoms with Crippen LogP contribution in [0.15, 0.2) is 24.5 Å². The zero-order valence-corrected chi connectivity index (χ0v) is 13.9. The molecular weight excluding hydrogens is 323 g/mol. The van der Waals surface area contributed by atoms with Gasteiger partial charge in [-0.25, -0.2) is 4.39 Å². The largest absolute Gasteiger partial charge is 0.376 e. The second kappa shape index (κ2) is 6.92. The fourth-order valence-electron chi connectivity index (χ4n) is 2.76. The highest BCUT2D eigenvalue weighted by Gasteiger charge is 2.26. The number of nitrogens with one attached hydrogen (secondary N) is 1. The van der Waals surface area contributed by atoms with Crippen molar-refractivity contribution >= 4 is 5.91 Å². The van der Waals surface area contributed by atoms with Gasteiger partial charge in [0.25, 0.3) is 5.91 Å². The molecule has 1 amide bonds. The van der Waals surface area contributed by atoms with Crippen molar-refractivity contribution in [2.45, 2.75) is 44.9 Å². The third-order valence-corrected chi connectivity index (χ3v) is 4.61. The van der Waals surface area contributed by atoms with Gasteiger partial charge in [-0.05, 0) is 49.8 Å². The highest BCUT2D eigenvalue weighted by atomic mass is 19.1. The lowest BCUT2D eigenvalue weighted by atomic mass is 10.1. The molecule has 4 rings (SSSR count). The smallest absolute Gasteiger partial charge is 0.251 e. The van der Waals surface area contributed by atoms with Gasteiger partial charge >= 0.3 is 0 Å². The summed E-state index contributed by atoms with van der Waals surface area (Å²) in [5.41, 5.74) is 0.832. The zero-order valence-electron chi connectivity index (χ0n) is 13.9. The van der Waals surface area contributed by atoms with Crippen molar-refractivity contribution in [3.05, 3.63) is 47.3 Å². The monoisotopic (exact) mass is 344 g/mol. The Kier molecular flexibility index (Phi) is 4.48. The molecule has 1 aromatic heterocycles. The third-order valence-electron chi connectivity index (χ3n) is 4.61. The first kappa shape index (κ1) is 16.2. The summed E-state index contributed by atoms with van der Waals surface area (Å²) >= 11 is 0. The average molecular weight is 344 g/mol. The molecule has 2 fully saturated rings. The van der Waals surface area contributed by atoms with Gasteiger partial charge in [0.15, 0.2) is 5.82 Å². The van der Waals surface area contributed by atoms with Crippen LogP contribution >= 0.6 is 0 Å². The topological polar surface area (TPSA) is 69.0 Å². The third kappa shape index (κ3) is 4.04. The first-order chi connectivity index (χ1) is 12.2. The Hall–Kier alpha value is -2.28. The molecule has 2 aromatic rings. The van der Waals surface area contributed by atoms with E-state index in [1.54, 1.807) is 12.4 Å². The predicted octanol–water partition coefficient (Wildman–Crippen LogP) is 2.61. The molecule has 7 heteroatoms. The fraction of sp³-hybridized carbons (Fsp3) is 0.500. The molecule has 132 valence electrons. The van der Waals surface area contributed by atoms with Crippen molar-refractivity contribution in [2.24, 2.45) is 5.92 Å². The normalized spacial score (nSPS) is 16.8. The quantitative estimate of drug-likeness (QED) is 0.799. The molecular formula is C18H21FN4O2. The number of carbonyl (C=O) groups is 1. The van der Waals surface area contributed by atoms with Gasteiger partial charge in [-0.1, -0.05) is 0 Å². The summed E-state index contributed by atoms with van der Waals surface area (Å²) in [6.45, 7) is 1.16. The van der Waals surface area contributed by atoms with Crippen molar-refractivity contribution in [2.75, 3.05) is 6.61 Å². The number of benzene rings is 1. The number of rotatable bonds is 8. The fourth-order valence-corrected chi connectivity index (χ4v) is 2.76. The molecule has 1 heterocycles. The number of carbonyl (C=O) groups excluding carboxylic acids is 1. The van der Waals surface area contributed by atoms with Gasteiger partial charge in [0.05, 0.1) is 13.2 Å². The summed E-state index contributed by atoms with van der Waals surface area (Å²) in [6, 6.07) is 4.82. The zero-order chi connectivity index (χ0) is 17.2. The number of halogens is 1.